The fourth-order valence-electron chi connectivity index (χ4n) is 2.53. The Morgan fingerprint density at radius 1 is 1.19 bits per heavy atom. The molecule has 0 spiro atoms. The van der Waals surface area contributed by atoms with E-state index in [0.29, 0.717) is 23.1 Å². The number of hydrogen-bond acceptors (Lipinski definition) is 4. The topological polar surface area (TPSA) is 41.1 Å². The molecular weight excluding hydrogens is 267 g/mol. The van der Waals surface area contributed by atoms with Gasteiger partial charge < -0.3 is 10.2 Å². The molecule has 1 N–H and O–H groups in total. The Balaban J connectivity index is 1.79. The Morgan fingerprint density at radius 2 is 1.95 bits per heavy atom. The van der Waals surface area contributed by atoms with Crippen molar-refractivity contribution in [2.45, 2.75) is 19.4 Å². The molecule has 0 amide bonds. The van der Waals surface area contributed by atoms with Crippen molar-refractivity contribution in [1.82, 2.24) is 15.3 Å². The molecule has 110 valence electrons. The fraction of sp³-hybridized carbons (Fsp3) is 0.375. The fourth-order valence-corrected chi connectivity index (χ4v) is 2.53. The average Bonchev–Trinajstić information content (AvgIpc) is 2.73. The molecule has 1 aliphatic heterocycles. The maximum absolute atomic E-state index is 13.8. The molecule has 3 rings (SSSR count). The molecule has 0 bridgehead atoms. The summed E-state index contributed by atoms with van der Waals surface area (Å²) in [5.74, 6) is 0.465. The van der Waals surface area contributed by atoms with Gasteiger partial charge in [-0.05, 0) is 19.4 Å². The number of nitrogens with zero attached hydrogens (tertiary/aromatic N) is 3. The lowest BCUT2D eigenvalue weighted by molar-refractivity contribution is 0.566. The minimum atomic E-state index is -0.248. The summed E-state index contributed by atoms with van der Waals surface area (Å²) in [6.45, 7) is 4.95. The number of halogens is 1. The van der Waals surface area contributed by atoms with Crippen LogP contribution in [0.1, 0.15) is 13.3 Å². The van der Waals surface area contributed by atoms with E-state index in [1.165, 1.54) is 6.07 Å². The van der Waals surface area contributed by atoms with E-state index in [1.54, 1.807) is 24.5 Å². The number of benzene rings is 1. The maximum Gasteiger partial charge on any atom is 0.225 e. The first-order valence-corrected chi connectivity index (χ1v) is 7.29. The van der Waals surface area contributed by atoms with E-state index < -0.39 is 0 Å². The van der Waals surface area contributed by atoms with Crippen molar-refractivity contribution >= 4 is 5.95 Å². The highest BCUT2D eigenvalue weighted by Crippen LogP contribution is 2.22. The van der Waals surface area contributed by atoms with E-state index in [1.807, 2.05) is 6.07 Å². The van der Waals surface area contributed by atoms with Crippen molar-refractivity contribution in [2.75, 3.05) is 24.5 Å². The van der Waals surface area contributed by atoms with Gasteiger partial charge in [0.05, 0.1) is 0 Å². The van der Waals surface area contributed by atoms with Gasteiger partial charge in [0.15, 0.2) is 0 Å². The molecular formula is C16H19FN4. The Kier molecular flexibility index (Phi) is 4.10. The summed E-state index contributed by atoms with van der Waals surface area (Å²) >= 11 is 0. The Morgan fingerprint density at radius 3 is 2.71 bits per heavy atom. The molecule has 1 unspecified atom stereocenters. The largest absolute Gasteiger partial charge is 0.339 e. The smallest absolute Gasteiger partial charge is 0.225 e. The molecule has 1 atom stereocenters. The Hall–Kier alpha value is -2.01. The molecule has 21 heavy (non-hydrogen) atoms. The number of aromatic nitrogens is 2. The van der Waals surface area contributed by atoms with Crippen LogP contribution in [0.2, 0.25) is 0 Å². The second kappa shape index (κ2) is 6.18. The maximum atomic E-state index is 13.8. The van der Waals surface area contributed by atoms with Crippen molar-refractivity contribution in [3.05, 3.63) is 42.5 Å². The minimum absolute atomic E-state index is 0.248. The van der Waals surface area contributed by atoms with Crippen LogP contribution in [-0.4, -0.2) is 35.6 Å². The third-order valence-corrected chi connectivity index (χ3v) is 3.81. The van der Waals surface area contributed by atoms with E-state index in [-0.39, 0.29) is 5.82 Å². The zero-order valence-corrected chi connectivity index (χ0v) is 12.1. The van der Waals surface area contributed by atoms with Gasteiger partial charge in [-0.15, -0.1) is 0 Å². The Bertz CT molecular complexity index is 599. The van der Waals surface area contributed by atoms with Crippen LogP contribution in [0.15, 0.2) is 36.7 Å². The van der Waals surface area contributed by atoms with Crippen LogP contribution < -0.4 is 10.2 Å². The number of hydrogen-bond donors (Lipinski definition) is 1. The first-order valence-electron chi connectivity index (χ1n) is 7.29. The van der Waals surface area contributed by atoms with Crippen LogP contribution in [0, 0.1) is 5.82 Å². The van der Waals surface area contributed by atoms with Crippen molar-refractivity contribution in [3.8, 4) is 11.1 Å². The summed E-state index contributed by atoms with van der Waals surface area (Å²) in [4.78, 5) is 11.0. The highest BCUT2D eigenvalue weighted by atomic mass is 19.1. The molecule has 1 aromatic carbocycles. The zero-order chi connectivity index (χ0) is 14.7. The highest BCUT2D eigenvalue weighted by molar-refractivity contribution is 5.62. The first kappa shape index (κ1) is 13.9. The lowest BCUT2D eigenvalue weighted by Crippen LogP contribution is -2.30. The monoisotopic (exact) mass is 286 g/mol. The highest BCUT2D eigenvalue weighted by Gasteiger charge is 2.15. The summed E-state index contributed by atoms with van der Waals surface area (Å²) in [6, 6.07) is 7.21. The summed E-state index contributed by atoms with van der Waals surface area (Å²) in [6.07, 6.45) is 4.46. The lowest BCUT2D eigenvalue weighted by atomic mass is 10.1. The van der Waals surface area contributed by atoms with Gasteiger partial charge >= 0.3 is 0 Å². The van der Waals surface area contributed by atoms with Crippen molar-refractivity contribution < 1.29 is 4.39 Å². The van der Waals surface area contributed by atoms with Gasteiger partial charge in [0.1, 0.15) is 5.82 Å². The SMILES string of the molecule is CC1CCN(c2ncc(-c3ccccc3F)cn2)CCN1. The molecule has 1 saturated heterocycles. The van der Waals surface area contributed by atoms with Crippen molar-refractivity contribution in [3.63, 3.8) is 0 Å². The molecule has 2 heterocycles. The predicted octanol–water partition coefficient (Wildman–Crippen LogP) is 2.47. The van der Waals surface area contributed by atoms with E-state index in [0.717, 1.165) is 26.1 Å². The molecule has 0 aliphatic carbocycles. The summed E-state index contributed by atoms with van der Waals surface area (Å²) in [7, 11) is 0. The summed E-state index contributed by atoms with van der Waals surface area (Å²) in [5, 5.41) is 3.44. The molecule has 1 aromatic heterocycles. The van der Waals surface area contributed by atoms with E-state index >= 15 is 0 Å². The minimum Gasteiger partial charge on any atom is -0.339 e. The van der Waals surface area contributed by atoms with E-state index in [9.17, 15) is 4.39 Å². The van der Waals surface area contributed by atoms with Gasteiger partial charge in [0.25, 0.3) is 0 Å². The third-order valence-electron chi connectivity index (χ3n) is 3.81. The third kappa shape index (κ3) is 3.19. The number of rotatable bonds is 2. The molecule has 0 saturated carbocycles. The molecule has 0 radical (unpaired) electrons. The van der Waals surface area contributed by atoms with E-state index in [2.05, 4.69) is 27.1 Å². The van der Waals surface area contributed by atoms with Crippen LogP contribution >= 0.6 is 0 Å². The normalized spacial score (nSPS) is 19.3. The molecule has 4 nitrogen and oxygen atoms in total. The summed E-state index contributed by atoms with van der Waals surface area (Å²) in [5.41, 5.74) is 1.24. The lowest BCUT2D eigenvalue weighted by Gasteiger charge is -2.19. The van der Waals surface area contributed by atoms with E-state index in [4.69, 9.17) is 0 Å². The van der Waals surface area contributed by atoms with Gasteiger partial charge in [-0.3, -0.25) is 0 Å². The van der Waals surface area contributed by atoms with Crippen LogP contribution in [0.25, 0.3) is 11.1 Å². The second-order valence-electron chi connectivity index (χ2n) is 5.38. The second-order valence-corrected chi connectivity index (χ2v) is 5.38. The number of nitrogens with one attached hydrogen (secondary N) is 1. The van der Waals surface area contributed by atoms with Crippen molar-refractivity contribution in [1.29, 1.82) is 0 Å². The van der Waals surface area contributed by atoms with Gasteiger partial charge in [-0.1, -0.05) is 18.2 Å². The zero-order valence-electron chi connectivity index (χ0n) is 12.1. The van der Waals surface area contributed by atoms with Gasteiger partial charge in [-0.25, -0.2) is 14.4 Å². The number of anilines is 1. The Labute approximate surface area is 124 Å². The molecule has 2 aromatic rings. The van der Waals surface area contributed by atoms with Crippen LogP contribution in [0.5, 0.6) is 0 Å². The predicted molar refractivity (Wildman–Crippen MR) is 81.7 cm³/mol. The van der Waals surface area contributed by atoms with Crippen LogP contribution in [0.4, 0.5) is 10.3 Å². The van der Waals surface area contributed by atoms with Gasteiger partial charge in [0.2, 0.25) is 5.95 Å². The first-order chi connectivity index (χ1) is 10.2. The summed E-state index contributed by atoms with van der Waals surface area (Å²) < 4.78 is 13.8. The molecule has 1 aliphatic rings. The van der Waals surface area contributed by atoms with Crippen molar-refractivity contribution in [2.24, 2.45) is 0 Å². The van der Waals surface area contributed by atoms with Gasteiger partial charge in [0, 0.05) is 49.2 Å². The molecule has 1 fully saturated rings. The quantitative estimate of drug-likeness (QED) is 0.921. The van der Waals surface area contributed by atoms with Gasteiger partial charge in [-0.2, -0.15) is 0 Å². The standard InChI is InChI=1S/C16H19FN4/c1-12-6-8-21(9-7-18-12)16-19-10-13(11-20-16)14-4-2-3-5-15(14)17/h2-5,10-12,18H,6-9H2,1H3. The average molecular weight is 286 g/mol. The molecule has 5 heteroatoms. The van der Waals surface area contributed by atoms with Crippen LogP contribution in [0.3, 0.4) is 0 Å². The van der Waals surface area contributed by atoms with Crippen LogP contribution in [-0.2, 0) is 0 Å².